The minimum Gasteiger partial charge on any atom is -0.466 e. The molecule has 0 radical (unpaired) electrons. The summed E-state index contributed by atoms with van der Waals surface area (Å²) in [7, 11) is 1.26. The van der Waals surface area contributed by atoms with Crippen molar-refractivity contribution in [1.29, 1.82) is 5.26 Å². The number of esters is 1. The molecule has 0 fully saturated rings. The largest absolute Gasteiger partial charge is 0.466 e. The second kappa shape index (κ2) is 5.90. The topological polar surface area (TPSA) is 85.3 Å². The minimum atomic E-state index is -0.704. The Morgan fingerprint density at radius 1 is 1.48 bits per heavy atom. The molecule has 0 aliphatic carbocycles. The lowest BCUT2D eigenvalue weighted by Gasteiger charge is -2.27. The van der Waals surface area contributed by atoms with E-state index in [1.54, 1.807) is 31.2 Å². The quantitative estimate of drug-likeness (QED) is 0.849. The van der Waals surface area contributed by atoms with Crippen LogP contribution in [-0.2, 0) is 14.3 Å². The number of carbonyl (C=O) groups excluding carboxylic acids is 1. The van der Waals surface area contributed by atoms with E-state index in [1.165, 1.54) is 7.11 Å². The highest BCUT2D eigenvalue weighted by Gasteiger charge is 2.36. The third-order valence-corrected chi connectivity index (χ3v) is 3.57. The van der Waals surface area contributed by atoms with Gasteiger partial charge in [-0.1, -0.05) is 29.8 Å². The van der Waals surface area contributed by atoms with E-state index in [0.717, 1.165) is 0 Å². The summed E-state index contributed by atoms with van der Waals surface area (Å²) in [5.41, 5.74) is 6.72. The van der Waals surface area contributed by atoms with Crippen LogP contribution in [0.15, 0.2) is 47.1 Å². The third kappa shape index (κ3) is 2.58. The van der Waals surface area contributed by atoms with Gasteiger partial charge in [-0.15, -0.1) is 0 Å². The molecule has 1 aliphatic rings. The van der Waals surface area contributed by atoms with Gasteiger partial charge in [0.05, 0.1) is 18.6 Å². The van der Waals surface area contributed by atoms with E-state index < -0.39 is 11.9 Å². The van der Waals surface area contributed by atoms with Gasteiger partial charge in [-0.3, -0.25) is 0 Å². The van der Waals surface area contributed by atoms with E-state index in [0.29, 0.717) is 16.3 Å². The fraction of sp³-hybridized carbons (Fsp3) is 0.200. The first kappa shape index (κ1) is 14.9. The van der Waals surface area contributed by atoms with E-state index in [-0.39, 0.29) is 17.0 Å². The molecule has 0 spiro atoms. The monoisotopic (exact) mass is 304 g/mol. The van der Waals surface area contributed by atoms with Gasteiger partial charge >= 0.3 is 5.97 Å². The molecule has 1 aliphatic heterocycles. The van der Waals surface area contributed by atoms with Gasteiger partial charge in [-0.2, -0.15) is 5.26 Å². The molecule has 1 unspecified atom stereocenters. The Kier molecular flexibility index (Phi) is 4.20. The Bertz CT molecular complexity index is 701. The summed E-state index contributed by atoms with van der Waals surface area (Å²) in [5, 5.41) is 9.79. The molecule has 1 heterocycles. The van der Waals surface area contributed by atoms with E-state index in [9.17, 15) is 10.1 Å². The molecule has 5 nitrogen and oxygen atoms in total. The molecule has 2 rings (SSSR count). The summed E-state index contributed by atoms with van der Waals surface area (Å²) in [6.45, 7) is 1.59. The summed E-state index contributed by atoms with van der Waals surface area (Å²) in [4.78, 5) is 12.1. The van der Waals surface area contributed by atoms with E-state index >= 15 is 0 Å². The van der Waals surface area contributed by atoms with Gasteiger partial charge in [0, 0.05) is 5.02 Å². The zero-order valence-electron chi connectivity index (χ0n) is 11.5. The SMILES string of the molecule is COC(=O)C1=C(C)OC(N)=C(C#N)C1c1ccccc1Cl. The Labute approximate surface area is 127 Å². The van der Waals surface area contributed by atoms with Crippen molar-refractivity contribution in [3.63, 3.8) is 0 Å². The van der Waals surface area contributed by atoms with E-state index in [2.05, 4.69) is 0 Å². The average molecular weight is 305 g/mol. The van der Waals surface area contributed by atoms with Crippen molar-refractivity contribution in [3.8, 4) is 6.07 Å². The van der Waals surface area contributed by atoms with Crippen LogP contribution in [0.5, 0.6) is 0 Å². The highest BCUT2D eigenvalue weighted by atomic mass is 35.5. The number of hydrogen-bond acceptors (Lipinski definition) is 5. The molecule has 1 aromatic carbocycles. The lowest BCUT2D eigenvalue weighted by Crippen LogP contribution is -2.25. The molecule has 2 N–H and O–H groups in total. The first-order valence-corrected chi connectivity index (χ1v) is 6.50. The number of carbonyl (C=O) groups is 1. The smallest absolute Gasteiger partial charge is 0.338 e. The van der Waals surface area contributed by atoms with E-state index in [1.807, 2.05) is 6.07 Å². The van der Waals surface area contributed by atoms with Gasteiger partial charge in [0.1, 0.15) is 17.4 Å². The van der Waals surface area contributed by atoms with Crippen molar-refractivity contribution >= 4 is 17.6 Å². The minimum absolute atomic E-state index is 0.0347. The lowest BCUT2D eigenvalue weighted by molar-refractivity contribution is -0.136. The molecule has 21 heavy (non-hydrogen) atoms. The van der Waals surface area contributed by atoms with Gasteiger partial charge in [0.2, 0.25) is 5.88 Å². The second-order valence-corrected chi connectivity index (χ2v) is 4.81. The average Bonchev–Trinajstić information content (AvgIpc) is 2.46. The normalized spacial score (nSPS) is 18.1. The van der Waals surface area contributed by atoms with Crippen molar-refractivity contribution < 1.29 is 14.3 Å². The Hall–Kier alpha value is -2.45. The number of rotatable bonds is 2. The lowest BCUT2D eigenvalue weighted by atomic mass is 9.83. The third-order valence-electron chi connectivity index (χ3n) is 3.23. The molecule has 108 valence electrons. The molecule has 0 aromatic heterocycles. The van der Waals surface area contributed by atoms with Crippen LogP contribution in [0.2, 0.25) is 5.02 Å². The highest BCUT2D eigenvalue weighted by molar-refractivity contribution is 6.31. The first-order valence-electron chi connectivity index (χ1n) is 6.12. The predicted octanol–water partition coefficient (Wildman–Crippen LogP) is 2.59. The van der Waals surface area contributed by atoms with E-state index in [4.69, 9.17) is 26.8 Å². The summed E-state index contributed by atoms with van der Waals surface area (Å²) in [6.07, 6.45) is 0. The fourth-order valence-electron chi connectivity index (χ4n) is 2.28. The summed E-state index contributed by atoms with van der Waals surface area (Å²) >= 11 is 6.20. The number of allylic oxidation sites excluding steroid dienone is 2. The zero-order chi connectivity index (χ0) is 15.6. The van der Waals surface area contributed by atoms with Crippen LogP contribution in [0.3, 0.4) is 0 Å². The summed E-state index contributed by atoms with van der Waals surface area (Å²) in [5.74, 6) is -1.03. The van der Waals surface area contributed by atoms with Crippen LogP contribution in [0, 0.1) is 11.3 Å². The van der Waals surface area contributed by atoms with Crippen molar-refractivity contribution in [2.24, 2.45) is 5.73 Å². The van der Waals surface area contributed by atoms with Crippen LogP contribution in [0.4, 0.5) is 0 Å². The molecular weight excluding hydrogens is 292 g/mol. The molecule has 1 atom stereocenters. The number of benzene rings is 1. The number of halogens is 1. The molecule has 0 bridgehead atoms. The number of ether oxygens (including phenoxy) is 2. The molecular formula is C15H13ClN2O3. The van der Waals surface area contributed by atoms with Crippen LogP contribution in [-0.4, -0.2) is 13.1 Å². The number of nitriles is 1. The number of methoxy groups -OCH3 is 1. The van der Waals surface area contributed by atoms with Crippen LogP contribution in [0.1, 0.15) is 18.4 Å². The van der Waals surface area contributed by atoms with Crippen LogP contribution < -0.4 is 5.73 Å². The van der Waals surface area contributed by atoms with Gasteiger partial charge in [-0.05, 0) is 18.6 Å². The first-order chi connectivity index (χ1) is 10.0. The second-order valence-electron chi connectivity index (χ2n) is 4.41. The molecule has 0 amide bonds. The Morgan fingerprint density at radius 3 is 2.71 bits per heavy atom. The van der Waals surface area contributed by atoms with Gasteiger partial charge in [0.25, 0.3) is 0 Å². The van der Waals surface area contributed by atoms with Crippen LogP contribution in [0.25, 0.3) is 0 Å². The fourth-order valence-corrected chi connectivity index (χ4v) is 2.52. The Balaban J connectivity index is 2.70. The van der Waals surface area contributed by atoms with Crippen molar-refractivity contribution in [2.75, 3.05) is 7.11 Å². The number of hydrogen-bond donors (Lipinski definition) is 1. The molecule has 0 saturated heterocycles. The number of nitrogens with two attached hydrogens (primary N) is 1. The van der Waals surface area contributed by atoms with Crippen LogP contribution >= 0.6 is 11.6 Å². The maximum absolute atomic E-state index is 12.1. The van der Waals surface area contributed by atoms with Crippen molar-refractivity contribution in [2.45, 2.75) is 12.8 Å². The van der Waals surface area contributed by atoms with Gasteiger partial charge < -0.3 is 15.2 Å². The predicted molar refractivity (Wildman–Crippen MR) is 76.8 cm³/mol. The zero-order valence-corrected chi connectivity index (χ0v) is 12.3. The number of nitrogens with zero attached hydrogens (tertiary/aromatic N) is 1. The Morgan fingerprint density at radius 2 is 2.14 bits per heavy atom. The van der Waals surface area contributed by atoms with Gasteiger partial charge in [-0.25, -0.2) is 4.79 Å². The molecule has 1 aromatic rings. The summed E-state index contributed by atoms with van der Waals surface area (Å²) < 4.78 is 10.1. The van der Waals surface area contributed by atoms with Crippen molar-refractivity contribution in [3.05, 3.63) is 57.6 Å². The maximum atomic E-state index is 12.1. The molecule has 6 heteroatoms. The summed E-state index contributed by atoms with van der Waals surface area (Å²) in [6, 6.07) is 8.94. The van der Waals surface area contributed by atoms with Crippen molar-refractivity contribution in [1.82, 2.24) is 0 Å². The molecule has 0 saturated carbocycles. The van der Waals surface area contributed by atoms with Gasteiger partial charge in [0.15, 0.2) is 0 Å². The standard InChI is InChI=1S/C15H13ClN2O3/c1-8-12(15(19)20-2)13(10(7-17)14(18)21-8)9-5-3-4-6-11(9)16/h3-6,13H,18H2,1-2H3. The maximum Gasteiger partial charge on any atom is 0.338 e. The highest BCUT2D eigenvalue weighted by Crippen LogP contribution is 2.41.